The molecule has 1 fully saturated rings. The van der Waals surface area contributed by atoms with Gasteiger partial charge in [0.1, 0.15) is 0 Å². The van der Waals surface area contributed by atoms with E-state index in [1.807, 2.05) is 0 Å². The Morgan fingerprint density at radius 3 is 2.18 bits per heavy atom. The summed E-state index contributed by atoms with van der Waals surface area (Å²) in [6.45, 7) is 13.5. The molecule has 1 N–H and O–H groups in total. The number of nitrogens with one attached hydrogen (secondary N) is 1. The van der Waals surface area contributed by atoms with Gasteiger partial charge in [-0.1, -0.05) is 24.6 Å². The van der Waals surface area contributed by atoms with Crippen molar-refractivity contribution < 1.29 is 0 Å². The van der Waals surface area contributed by atoms with Crippen molar-refractivity contribution in [1.82, 2.24) is 10.2 Å². The maximum atomic E-state index is 3.36. The minimum Gasteiger partial charge on any atom is -0.314 e. The Bertz CT molecular complexity index is 371. The van der Waals surface area contributed by atoms with E-state index in [9.17, 15) is 0 Å². The summed E-state index contributed by atoms with van der Waals surface area (Å²) in [6, 6.07) is 5.34. The number of hydrogen-bond donors (Lipinski definition) is 1. The number of rotatable bonds is 4. The minimum absolute atomic E-state index is 0.736. The van der Waals surface area contributed by atoms with Crippen LogP contribution in [0.4, 0.5) is 0 Å². The Morgan fingerprint density at radius 1 is 1.18 bits per heavy atom. The summed E-state index contributed by atoms with van der Waals surface area (Å²) in [4.78, 5) is 2.58. The number of nitrogens with zero attached hydrogens (tertiary/aromatic N) is 1. The fourth-order valence-electron chi connectivity index (χ4n) is 2.69. The monoisotopic (exact) mass is 232 g/mol. The van der Waals surface area contributed by atoms with E-state index in [1.165, 1.54) is 22.3 Å². The van der Waals surface area contributed by atoms with E-state index in [1.54, 1.807) is 0 Å². The molecule has 2 heteroatoms. The van der Waals surface area contributed by atoms with Crippen molar-refractivity contribution in [2.45, 2.75) is 40.3 Å². The molecular formula is C15H24N2. The Hall–Kier alpha value is -0.860. The lowest BCUT2D eigenvalue weighted by atomic mass is 9.98. The van der Waals surface area contributed by atoms with Crippen LogP contribution in [-0.4, -0.2) is 30.6 Å². The number of hydrogen-bond acceptors (Lipinski definition) is 2. The van der Waals surface area contributed by atoms with E-state index in [2.05, 4.69) is 50.0 Å². The second-order valence-electron chi connectivity index (χ2n) is 5.25. The maximum Gasteiger partial charge on any atom is 0.0348 e. The molecule has 0 radical (unpaired) electrons. The Morgan fingerprint density at radius 2 is 1.76 bits per heavy atom. The van der Waals surface area contributed by atoms with Gasteiger partial charge in [-0.15, -0.1) is 0 Å². The van der Waals surface area contributed by atoms with Crippen molar-refractivity contribution in [1.29, 1.82) is 0 Å². The predicted octanol–water partition coefficient (Wildman–Crippen LogP) is 2.41. The molecular weight excluding hydrogens is 208 g/mol. The first kappa shape index (κ1) is 12.6. The third kappa shape index (κ3) is 2.70. The van der Waals surface area contributed by atoms with Crippen LogP contribution < -0.4 is 5.32 Å². The molecule has 0 aromatic heterocycles. The molecule has 1 aliphatic heterocycles. The standard InChI is InChI=1S/C15H24N2/c1-5-17(14-8-16-9-14)10-15-12(3)6-11(2)7-13(15)4/h6-7,14,16H,5,8-10H2,1-4H3. The highest BCUT2D eigenvalue weighted by Crippen LogP contribution is 2.20. The van der Waals surface area contributed by atoms with E-state index < -0.39 is 0 Å². The highest BCUT2D eigenvalue weighted by molar-refractivity contribution is 5.37. The summed E-state index contributed by atoms with van der Waals surface area (Å²) in [6.07, 6.45) is 0. The molecule has 1 saturated heterocycles. The molecule has 0 bridgehead atoms. The van der Waals surface area contributed by atoms with Gasteiger partial charge in [-0.05, 0) is 44.0 Å². The summed E-state index contributed by atoms with van der Waals surface area (Å²) in [5, 5.41) is 3.36. The Labute approximate surface area is 105 Å². The zero-order chi connectivity index (χ0) is 12.4. The summed E-state index contributed by atoms with van der Waals surface area (Å²) in [7, 11) is 0. The molecule has 1 aromatic rings. The Kier molecular flexibility index (Phi) is 3.85. The van der Waals surface area contributed by atoms with Gasteiger partial charge in [0.25, 0.3) is 0 Å². The molecule has 0 spiro atoms. The van der Waals surface area contributed by atoms with Gasteiger partial charge in [0.2, 0.25) is 0 Å². The lowest BCUT2D eigenvalue weighted by Gasteiger charge is -2.38. The zero-order valence-corrected chi connectivity index (χ0v) is 11.5. The lowest BCUT2D eigenvalue weighted by molar-refractivity contribution is 0.145. The zero-order valence-electron chi connectivity index (χ0n) is 11.5. The lowest BCUT2D eigenvalue weighted by Crippen LogP contribution is -2.56. The van der Waals surface area contributed by atoms with Gasteiger partial charge in [-0.3, -0.25) is 4.90 Å². The van der Waals surface area contributed by atoms with Crippen LogP contribution in [0, 0.1) is 20.8 Å². The van der Waals surface area contributed by atoms with Gasteiger partial charge in [0, 0.05) is 25.7 Å². The molecule has 0 amide bonds. The second-order valence-corrected chi connectivity index (χ2v) is 5.25. The first-order chi connectivity index (χ1) is 8.11. The SMILES string of the molecule is CCN(Cc1c(C)cc(C)cc1C)C1CNC1. The van der Waals surface area contributed by atoms with Gasteiger partial charge in [0.05, 0.1) is 0 Å². The quantitative estimate of drug-likeness (QED) is 0.857. The second kappa shape index (κ2) is 5.19. The molecule has 0 saturated carbocycles. The van der Waals surface area contributed by atoms with Gasteiger partial charge in [0.15, 0.2) is 0 Å². The van der Waals surface area contributed by atoms with Crippen molar-refractivity contribution in [3.05, 3.63) is 34.4 Å². The molecule has 1 heterocycles. The summed E-state index contributed by atoms with van der Waals surface area (Å²) in [5.41, 5.74) is 5.77. The summed E-state index contributed by atoms with van der Waals surface area (Å²) in [5.74, 6) is 0. The molecule has 94 valence electrons. The number of benzene rings is 1. The van der Waals surface area contributed by atoms with E-state index in [4.69, 9.17) is 0 Å². The summed E-state index contributed by atoms with van der Waals surface area (Å²) < 4.78 is 0. The van der Waals surface area contributed by atoms with Crippen LogP contribution in [0.1, 0.15) is 29.2 Å². The van der Waals surface area contributed by atoms with Gasteiger partial charge >= 0.3 is 0 Å². The van der Waals surface area contributed by atoms with Crippen LogP contribution in [0.5, 0.6) is 0 Å². The van der Waals surface area contributed by atoms with Crippen LogP contribution in [0.15, 0.2) is 12.1 Å². The first-order valence-electron chi connectivity index (χ1n) is 6.63. The normalized spacial score (nSPS) is 16.3. The average Bonchev–Trinajstić information content (AvgIpc) is 2.18. The molecule has 2 rings (SSSR count). The Balaban J connectivity index is 2.16. The van der Waals surface area contributed by atoms with E-state index in [0.717, 1.165) is 32.2 Å². The number of likely N-dealkylation sites (N-methyl/N-ethyl adjacent to an activating group) is 1. The third-order valence-corrected chi connectivity index (χ3v) is 3.88. The third-order valence-electron chi connectivity index (χ3n) is 3.88. The van der Waals surface area contributed by atoms with E-state index in [-0.39, 0.29) is 0 Å². The topological polar surface area (TPSA) is 15.3 Å². The fraction of sp³-hybridized carbons (Fsp3) is 0.600. The van der Waals surface area contributed by atoms with Crippen molar-refractivity contribution >= 4 is 0 Å². The van der Waals surface area contributed by atoms with Crippen LogP contribution in [0.2, 0.25) is 0 Å². The van der Waals surface area contributed by atoms with E-state index >= 15 is 0 Å². The van der Waals surface area contributed by atoms with Crippen LogP contribution >= 0.6 is 0 Å². The highest BCUT2D eigenvalue weighted by atomic mass is 15.2. The molecule has 17 heavy (non-hydrogen) atoms. The van der Waals surface area contributed by atoms with Gasteiger partial charge in [-0.25, -0.2) is 0 Å². The summed E-state index contributed by atoms with van der Waals surface area (Å²) >= 11 is 0. The molecule has 1 aromatic carbocycles. The molecule has 0 aliphatic carbocycles. The molecule has 2 nitrogen and oxygen atoms in total. The minimum atomic E-state index is 0.736. The van der Waals surface area contributed by atoms with Crippen LogP contribution in [-0.2, 0) is 6.54 Å². The van der Waals surface area contributed by atoms with Gasteiger partial charge < -0.3 is 5.32 Å². The smallest absolute Gasteiger partial charge is 0.0348 e. The average molecular weight is 232 g/mol. The van der Waals surface area contributed by atoms with Crippen molar-refractivity contribution in [2.75, 3.05) is 19.6 Å². The van der Waals surface area contributed by atoms with Gasteiger partial charge in [-0.2, -0.15) is 0 Å². The molecule has 1 aliphatic rings. The number of aryl methyl sites for hydroxylation is 3. The largest absolute Gasteiger partial charge is 0.314 e. The predicted molar refractivity (Wildman–Crippen MR) is 73.4 cm³/mol. The van der Waals surface area contributed by atoms with Crippen molar-refractivity contribution in [2.24, 2.45) is 0 Å². The molecule has 0 atom stereocenters. The fourth-order valence-corrected chi connectivity index (χ4v) is 2.69. The van der Waals surface area contributed by atoms with Crippen molar-refractivity contribution in [3.63, 3.8) is 0 Å². The molecule has 0 unspecified atom stereocenters. The van der Waals surface area contributed by atoms with Crippen molar-refractivity contribution in [3.8, 4) is 0 Å². The first-order valence-corrected chi connectivity index (χ1v) is 6.63. The van der Waals surface area contributed by atoms with Crippen LogP contribution in [0.25, 0.3) is 0 Å². The van der Waals surface area contributed by atoms with Crippen LogP contribution in [0.3, 0.4) is 0 Å². The highest BCUT2D eigenvalue weighted by Gasteiger charge is 2.23. The van der Waals surface area contributed by atoms with E-state index in [0.29, 0.717) is 0 Å². The maximum absolute atomic E-state index is 3.36.